The first-order valence-electron chi connectivity index (χ1n) is 8.06. The molecule has 3 N–H and O–H groups in total. The summed E-state index contributed by atoms with van der Waals surface area (Å²) in [6.45, 7) is 2.52. The van der Waals surface area contributed by atoms with Crippen LogP contribution in [-0.4, -0.2) is 18.6 Å². The molecule has 132 valence electrons. The van der Waals surface area contributed by atoms with E-state index in [0.29, 0.717) is 13.0 Å². The summed E-state index contributed by atoms with van der Waals surface area (Å²) in [5, 5.41) is 2.41. The average molecular weight is 347 g/mol. The predicted octanol–water partition coefficient (Wildman–Crippen LogP) is 2.91. The molecule has 2 aromatic carbocycles. The first-order valence-corrected chi connectivity index (χ1v) is 8.06. The highest BCUT2D eigenvalue weighted by atomic mass is 19.1. The van der Waals surface area contributed by atoms with Gasteiger partial charge < -0.3 is 10.1 Å². The summed E-state index contributed by atoms with van der Waals surface area (Å²) in [5.41, 5.74) is 6.77. The summed E-state index contributed by atoms with van der Waals surface area (Å²) in [6.07, 6.45) is 0.483. The summed E-state index contributed by atoms with van der Waals surface area (Å²) in [6, 6.07) is 9.92. The highest BCUT2D eigenvalue weighted by Gasteiger charge is 2.30. The molecule has 1 amide bonds. The fourth-order valence-corrected chi connectivity index (χ4v) is 2.72. The van der Waals surface area contributed by atoms with Crippen molar-refractivity contribution in [1.29, 1.82) is 0 Å². The van der Waals surface area contributed by atoms with Gasteiger partial charge in [0, 0.05) is 12.1 Å². The quantitative estimate of drug-likeness (QED) is 0.778. The van der Waals surface area contributed by atoms with Gasteiger partial charge in [0.25, 0.3) is 0 Å². The van der Waals surface area contributed by atoms with Crippen LogP contribution in [0, 0.1) is 11.6 Å². The van der Waals surface area contributed by atoms with E-state index in [4.69, 9.17) is 4.74 Å². The number of hydrazine groups is 1. The Morgan fingerprint density at radius 1 is 1.20 bits per heavy atom. The highest BCUT2D eigenvalue weighted by molar-refractivity contribution is 5.95. The van der Waals surface area contributed by atoms with Gasteiger partial charge in [0.15, 0.2) is 0 Å². The Hall–Kier alpha value is -2.51. The van der Waals surface area contributed by atoms with Crippen LogP contribution in [0.1, 0.15) is 24.9 Å². The average Bonchev–Trinajstić information content (AvgIpc) is 3.09. The molecule has 2 aromatic rings. The third-order valence-electron chi connectivity index (χ3n) is 4.00. The lowest BCUT2D eigenvalue weighted by Crippen LogP contribution is -2.39. The number of hydrogen-bond acceptors (Lipinski definition) is 4. The number of ether oxygens (including phenoxy) is 1. The van der Waals surface area contributed by atoms with Crippen LogP contribution < -0.4 is 20.9 Å². The minimum absolute atomic E-state index is 0.0659. The lowest BCUT2D eigenvalue weighted by Gasteiger charge is -2.12. The van der Waals surface area contributed by atoms with Crippen molar-refractivity contribution in [2.45, 2.75) is 25.4 Å². The number of anilines is 1. The van der Waals surface area contributed by atoms with Crippen LogP contribution in [0.3, 0.4) is 0 Å². The number of carbonyl (C=O) groups excluding carboxylic acids is 1. The van der Waals surface area contributed by atoms with Gasteiger partial charge in [0.1, 0.15) is 23.4 Å². The van der Waals surface area contributed by atoms with E-state index in [1.54, 1.807) is 0 Å². The summed E-state index contributed by atoms with van der Waals surface area (Å²) in [7, 11) is 0. The first kappa shape index (κ1) is 17.3. The lowest BCUT2D eigenvalue weighted by atomic mass is 10.0. The van der Waals surface area contributed by atoms with Crippen molar-refractivity contribution in [3.63, 3.8) is 0 Å². The Morgan fingerprint density at radius 3 is 2.68 bits per heavy atom. The fraction of sp³-hybridized carbons (Fsp3) is 0.278. The van der Waals surface area contributed by atoms with Gasteiger partial charge in [0.05, 0.1) is 12.3 Å². The van der Waals surface area contributed by atoms with Gasteiger partial charge in [-0.05, 0) is 43.2 Å². The van der Waals surface area contributed by atoms with E-state index in [1.165, 1.54) is 0 Å². The maximum Gasteiger partial charge on any atom is 0.243 e. The maximum atomic E-state index is 13.6. The molecule has 1 saturated heterocycles. The van der Waals surface area contributed by atoms with Gasteiger partial charge in [-0.15, -0.1) is 0 Å². The third-order valence-corrected chi connectivity index (χ3v) is 4.00. The van der Waals surface area contributed by atoms with E-state index in [1.807, 2.05) is 31.2 Å². The van der Waals surface area contributed by atoms with E-state index in [-0.39, 0.29) is 11.7 Å². The zero-order chi connectivity index (χ0) is 17.8. The normalized spacial score (nSPS) is 19.6. The van der Waals surface area contributed by atoms with Crippen molar-refractivity contribution >= 4 is 11.6 Å². The van der Waals surface area contributed by atoms with E-state index >= 15 is 0 Å². The molecule has 2 atom stereocenters. The van der Waals surface area contributed by atoms with Crippen LogP contribution >= 0.6 is 0 Å². The smallest absolute Gasteiger partial charge is 0.243 e. The molecule has 0 radical (unpaired) electrons. The van der Waals surface area contributed by atoms with Crippen molar-refractivity contribution in [3.05, 3.63) is 59.7 Å². The lowest BCUT2D eigenvalue weighted by molar-refractivity contribution is -0.117. The number of amides is 1. The van der Waals surface area contributed by atoms with E-state index in [9.17, 15) is 13.6 Å². The molecule has 5 nitrogen and oxygen atoms in total. The summed E-state index contributed by atoms with van der Waals surface area (Å²) in [4.78, 5) is 12.3. The molecular formula is C18H19F2N3O2. The summed E-state index contributed by atoms with van der Waals surface area (Å²) in [5.74, 6) is -0.927. The van der Waals surface area contributed by atoms with E-state index in [2.05, 4.69) is 16.2 Å². The van der Waals surface area contributed by atoms with Gasteiger partial charge in [-0.25, -0.2) is 19.6 Å². The van der Waals surface area contributed by atoms with Gasteiger partial charge in [0.2, 0.25) is 5.91 Å². The molecule has 0 aromatic heterocycles. The molecule has 3 rings (SSSR count). The SMILES string of the molecule is CCOc1ccc(C2CC(C(=O)Nc3cc(F)ccc3F)NN2)cc1. The molecule has 0 spiro atoms. The summed E-state index contributed by atoms with van der Waals surface area (Å²) >= 11 is 0. The number of nitrogens with one attached hydrogen (secondary N) is 3. The summed E-state index contributed by atoms with van der Waals surface area (Å²) < 4.78 is 32.2. The highest BCUT2D eigenvalue weighted by Crippen LogP contribution is 2.25. The predicted molar refractivity (Wildman–Crippen MR) is 90.0 cm³/mol. The van der Waals surface area contributed by atoms with Crippen LogP contribution in [-0.2, 0) is 4.79 Å². The van der Waals surface area contributed by atoms with Crippen molar-refractivity contribution in [2.24, 2.45) is 0 Å². The molecule has 1 heterocycles. The molecule has 7 heteroatoms. The maximum absolute atomic E-state index is 13.6. The monoisotopic (exact) mass is 347 g/mol. The molecule has 1 aliphatic rings. The second kappa shape index (κ2) is 7.58. The second-order valence-corrected chi connectivity index (χ2v) is 5.75. The Balaban J connectivity index is 1.62. The van der Waals surface area contributed by atoms with Gasteiger partial charge in [-0.2, -0.15) is 0 Å². The minimum Gasteiger partial charge on any atom is -0.494 e. The number of carbonyl (C=O) groups is 1. The molecule has 25 heavy (non-hydrogen) atoms. The molecule has 0 aliphatic carbocycles. The van der Waals surface area contributed by atoms with Crippen LogP contribution in [0.2, 0.25) is 0 Å². The zero-order valence-corrected chi connectivity index (χ0v) is 13.7. The Bertz CT molecular complexity index is 752. The van der Waals surface area contributed by atoms with Crippen molar-refractivity contribution < 1.29 is 18.3 Å². The van der Waals surface area contributed by atoms with Crippen molar-refractivity contribution in [1.82, 2.24) is 10.9 Å². The van der Waals surface area contributed by atoms with Gasteiger partial charge in [-0.1, -0.05) is 12.1 Å². The fourth-order valence-electron chi connectivity index (χ4n) is 2.72. The van der Waals surface area contributed by atoms with E-state index < -0.39 is 23.6 Å². The standard InChI is InChI=1S/C18H19F2N3O2/c1-2-25-13-6-3-11(4-7-13)15-10-17(23-22-15)18(24)21-16-9-12(19)5-8-14(16)20/h3-9,15,17,22-23H,2,10H2,1H3,(H,21,24). The Kier molecular flexibility index (Phi) is 5.25. The number of hydrogen-bond donors (Lipinski definition) is 3. The van der Waals surface area contributed by atoms with E-state index in [0.717, 1.165) is 29.5 Å². The van der Waals surface area contributed by atoms with Gasteiger partial charge in [-0.3, -0.25) is 4.79 Å². The van der Waals surface area contributed by atoms with Crippen molar-refractivity contribution in [2.75, 3.05) is 11.9 Å². The van der Waals surface area contributed by atoms with Gasteiger partial charge >= 0.3 is 0 Å². The molecule has 1 fully saturated rings. The number of halogens is 2. The van der Waals surface area contributed by atoms with Crippen LogP contribution in [0.5, 0.6) is 5.75 Å². The molecule has 1 aliphatic heterocycles. The van der Waals surface area contributed by atoms with Crippen LogP contribution in [0.15, 0.2) is 42.5 Å². The van der Waals surface area contributed by atoms with Crippen molar-refractivity contribution in [3.8, 4) is 5.75 Å². The largest absolute Gasteiger partial charge is 0.494 e. The first-order chi connectivity index (χ1) is 12.1. The number of rotatable bonds is 5. The zero-order valence-electron chi connectivity index (χ0n) is 13.7. The molecule has 0 saturated carbocycles. The second-order valence-electron chi connectivity index (χ2n) is 5.75. The molecule has 2 unspecified atom stereocenters. The topological polar surface area (TPSA) is 62.4 Å². The Labute approximate surface area is 144 Å². The minimum atomic E-state index is -0.677. The molecular weight excluding hydrogens is 328 g/mol. The number of benzene rings is 2. The van der Waals surface area contributed by atoms with Crippen LogP contribution in [0.4, 0.5) is 14.5 Å². The Morgan fingerprint density at radius 2 is 1.96 bits per heavy atom. The third kappa shape index (κ3) is 4.12. The molecule has 0 bridgehead atoms. The van der Waals surface area contributed by atoms with Crippen LogP contribution in [0.25, 0.3) is 0 Å².